The Hall–Kier alpha value is -3.39. The molecule has 1 saturated carbocycles. The fraction of sp³-hybridized carbons (Fsp3) is 0.409. The molecule has 1 atom stereocenters. The van der Waals surface area contributed by atoms with Crippen molar-refractivity contribution >= 4 is 27.5 Å². The number of ether oxygens (including phenoxy) is 2. The number of hydrogen-bond donors (Lipinski definition) is 2. The van der Waals surface area contributed by atoms with E-state index in [2.05, 4.69) is 35.8 Å². The summed E-state index contributed by atoms with van der Waals surface area (Å²) in [7, 11) is 1.13. The van der Waals surface area contributed by atoms with Gasteiger partial charge in [0.05, 0.1) is 5.69 Å². The largest absolute Gasteiger partial charge is 0.573 e. The molecule has 1 aliphatic rings. The zero-order chi connectivity index (χ0) is 25.7. The van der Waals surface area contributed by atoms with Crippen molar-refractivity contribution in [2.45, 2.75) is 50.1 Å². The summed E-state index contributed by atoms with van der Waals surface area (Å²) in [6.45, 7) is 0. The molecule has 2 aromatic heterocycles. The van der Waals surface area contributed by atoms with Gasteiger partial charge in [-0.05, 0) is 56.0 Å². The molecule has 0 saturated heterocycles. The number of aromatic nitrogens is 4. The molecule has 1 aliphatic carbocycles. The van der Waals surface area contributed by atoms with Gasteiger partial charge in [0, 0.05) is 30.8 Å². The fourth-order valence-corrected chi connectivity index (χ4v) is 4.76. The van der Waals surface area contributed by atoms with Gasteiger partial charge in [-0.2, -0.15) is 10.2 Å². The highest BCUT2D eigenvalue weighted by molar-refractivity contribution is 7.19. The van der Waals surface area contributed by atoms with E-state index in [0.29, 0.717) is 11.0 Å². The third kappa shape index (κ3) is 6.63. The normalized spacial score (nSPS) is 18.9. The molecule has 0 unspecified atom stereocenters. The number of anilines is 2. The van der Waals surface area contributed by atoms with Crippen LogP contribution in [0.2, 0.25) is 0 Å². The lowest BCUT2D eigenvalue weighted by molar-refractivity contribution is -0.274. The highest BCUT2D eigenvalue weighted by Crippen LogP contribution is 2.34. The van der Waals surface area contributed by atoms with Gasteiger partial charge in [0.2, 0.25) is 10.3 Å². The fourth-order valence-electron chi connectivity index (χ4n) is 4.04. The number of carbonyl (C=O) groups is 1. The lowest BCUT2D eigenvalue weighted by atomic mass is 9.84. The van der Waals surface area contributed by atoms with Crippen LogP contribution in [0.25, 0.3) is 0 Å². The lowest BCUT2D eigenvalue weighted by Crippen LogP contribution is -2.25. The summed E-state index contributed by atoms with van der Waals surface area (Å²) in [6.07, 6.45) is -1.20. The van der Waals surface area contributed by atoms with E-state index in [1.807, 2.05) is 12.1 Å². The molecule has 14 heteroatoms. The number of amides is 1. The average Bonchev–Trinajstić information content (AvgIpc) is 3.28. The Balaban J connectivity index is 1.35. The first-order chi connectivity index (χ1) is 17.2. The van der Waals surface area contributed by atoms with E-state index in [1.54, 1.807) is 6.20 Å². The molecule has 3 aromatic rings. The van der Waals surface area contributed by atoms with Crippen LogP contribution in [0.15, 0.2) is 36.5 Å². The van der Waals surface area contributed by atoms with Gasteiger partial charge >= 0.3 is 6.36 Å². The molecule has 4 rings (SSSR count). The van der Waals surface area contributed by atoms with E-state index < -0.39 is 35.5 Å². The summed E-state index contributed by atoms with van der Waals surface area (Å²) < 4.78 is 60.7. The summed E-state index contributed by atoms with van der Waals surface area (Å²) >= 11 is 1.08. The predicted molar refractivity (Wildman–Crippen MR) is 122 cm³/mol. The number of alkyl halides is 3. The van der Waals surface area contributed by atoms with E-state index in [4.69, 9.17) is 4.74 Å². The maximum atomic E-state index is 14.3. The number of carbonyl (C=O) groups excluding carboxylic acids is 1. The van der Waals surface area contributed by atoms with Crippen molar-refractivity contribution < 1.29 is 31.8 Å². The smallest absolute Gasteiger partial charge is 0.406 e. The van der Waals surface area contributed by atoms with Crippen LogP contribution in [0.5, 0.6) is 5.75 Å². The van der Waals surface area contributed by atoms with Crippen LogP contribution in [0.3, 0.4) is 0 Å². The maximum absolute atomic E-state index is 14.3. The quantitative estimate of drug-likeness (QED) is 0.402. The van der Waals surface area contributed by atoms with Gasteiger partial charge in [0.25, 0.3) is 5.91 Å². The Morgan fingerprint density at radius 3 is 2.53 bits per heavy atom. The molecule has 9 nitrogen and oxygen atoms in total. The monoisotopic (exact) mass is 526 g/mol. The number of rotatable bonds is 8. The van der Waals surface area contributed by atoms with E-state index in [1.165, 1.54) is 0 Å². The number of halogens is 4. The van der Waals surface area contributed by atoms with Crippen LogP contribution in [-0.4, -0.2) is 45.8 Å². The van der Waals surface area contributed by atoms with Gasteiger partial charge in [-0.25, -0.2) is 4.39 Å². The zero-order valence-electron chi connectivity index (χ0n) is 19.0. The third-order valence-corrected chi connectivity index (χ3v) is 6.45. The Morgan fingerprint density at radius 2 is 1.86 bits per heavy atom. The first-order valence-corrected chi connectivity index (χ1v) is 11.8. The highest BCUT2D eigenvalue weighted by atomic mass is 32.1. The van der Waals surface area contributed by atoms with Crippen molar-refractivity contribution in [1.82, 2.24) is 20.4 Å². The summed E-state index contributed by atoms with van der Waals surface area (Å²) in [5, 5.41) is 22.5. The first kappa shape index (κ1) is 25.7. The molecule has 2 N–H and O–H groups in total. The molecule has 0 spiro atoms. The minimum Gasteiger partial charge on any atom is -0.406 e. The summed E-state index contributed by atoms with van der Waals surface area (Å²) in [4.78, 5) is 12.7. The third-order valence-electron chi connectivity index (χ3n) is 5.68. The second kappa shape index (κ2) is 11.1. The van der Waals surface area contributed by atoms with Crippen molar-refractivity contribution in [3.05, 3.63) is 53.6 Å². The Bertz CT molecular complexity index is 1170. The molecular formula is C22H22F4N6O3S. The lowest BCUT2D eigenvalue weighted by Gasteiger charge is -2.28. The molecule has 2 heterocycles. The SMILES string of the molecule is CO[C@H](C(=O)Nc1nnc(N[C@H]2CC[C@H](c3cccnn3)CC2)s1)c1cc(OC(F)(F)F)ccc1F. The number of benzene rings is 1. The second-order valence-corrected chi connectivity index (χ2v) is 9.07. The van der Waals surface area contributed by atoms with Gasteiger partial charge < -0.3 is 14.8 Å². The van der Waals surface area contributed by atoms with Gasteiger partial charge in [-0.1, -0.05) is 11.3 Å². The number of hydrogen-bond acceptors (Lipinski definition) is 9. The van der Waals surface area contributed by atoms with Crippen molar-refractivity contribution in [3.8, 4) is 5.75 Å². The first-order valence-electron chi connectivity index (χ1n) is 11.0. The molecule has 0 aliphatic heterocycles. The van der Waals surface area contributed by atoms with Crippen molar-refractivity contribution in [1.29, 1.82) is 0 Å². The van der Waals surface area contributed by atoms with Crippen LogP contribution in [-0.2, 0) is 9.53 Å². The van der Waals surface area contributed by atoms with Gasteiger partial charge in [0.1, 0.15) is 11.6 Å². The number of methoxy groups -OCH3 is 1. The van der Waals surface area contributed by atoms with Crippen molar-refractivity contribution in [2.24, 2.45) is 0 Å². The molecule has 0 radical (unpaired) electrons. The van der Waals surface area contributed by atoms with Gasteiger partial charge in [0.15, 0.2) is 6.10 Å². The molecule has 0 bridgehead atoms. The Kier molecular flexibility index (Phi) is 7.94. The molecule has 1 aromatic carbocycles. The summed E-state index contributed by atoms with van der Waals surface area (Å²) in [5.41, 5.74) is 0.566. The average molecular weight is 527 g/mol. The summed E-state index contributed by atoms with van der Waals surface area (Å²) in [5.74, 6) is -2.08. The van der Waals surface area contributed by atoms with Gasteiger partial charge in [-0.3, -0.25) is 10.1 Å². The van der Waals surface area contributed by atoms with E-state index in [9.17, 15) is 22.4 Å². The van der Waals surface area contributed by atoms with Crippen LogP contribution in [0.1, 0.15) is 49.0 Å². The molecule has 36 heavy (non-hydrogen) atoms. The van der Waals surface area contributed by atoms with E-state index in [-0.39, 0.29) is 11.2 Å². The van der Waals surface area contributed by atoms with Gasteiger partial charge in [-0.15, -0.1) is 23.4 Å². The minimum absolute atomic E-state index is 0.126. The number of nitrogens with one attached hydrogen (secondary N) is 2. The van der Waals surface area contributed by atoms with Crippen LogP contribution in [0.4, 0.5) is 27.8 Å². The molecular weight excluding hydrogens is 504 g/mol. The highest BCUT2D eigenvalue weighted by Gasteiger charge is 2.32. The van der Waals surface area contributed by atoms with Crippen molar-refractivity contribution in [3.63, 3.8) is 0 Å². The summed E-state index contributed by atoms with van der Waals surface area (Å²) in [6, 6.07) is 6.36. The second-order valence-electron chi connectivity index (χ2n) is 8.09. The van der Waals surface area contributed by atoms with Crippen LogP contribution >= 0.6 is 11.3 Å². The Morgan fingerprint density at radius 1 is 1.11 bits per heavy atom. The number of nitrogens with zero attached hydrogens (tertiary/aromatic N) is 4. The molecule has 1 amide bonds. The molecule has 192 valence electrons. The topological polar surface area (TPSA) is 111 Å². The standard InChI is InChI=1S/C22H22F4N6O3S/c1-34-18(15-11-14(8-9-16(15)23)35-22(24,25)26)19(33)29-21-32-31-20(36-21)28-13-6-4-12(5-7-13)17-3-2-10-27-30-17/h2-3,8-13,18H,4-7H2,1H3,(H,28,31)(H,29,32,33)/t12-,13-,18-/m0/s1. The zero-order valence-corrected chi connectivity index (χ0v) is 19.8. The van der Waals surface area contributed by atoms with Crippen LogP contribution < -0.4 is 15.4 Å². The predicted octanol–water partition coefficient (Wildman–Crippen LogP) is 4.83. The minimum atomic E-state index is -4.97. The van der Waals surface area contributed by atoms with Crippen molar-refractivity contribution in [2.75, 3.05) is 17.7 Å². The van der Waals surface area contributed by atoms with E-state index in [0.717, 1.165) is 68.0 Å². The maximum Gasteiger partial charge on any atom is 0.573 e. The molecule has 1 fully saturated rings. The Labute approximate surface area is 207 Å². The van der Waals surface area contributed by atoms with E-state index >= 15 is 0 Å². The van der Waals surface area contributed by atoms with Crippen LogP contribution in [0, 0.1) is 5.82 Å².